The van der Waals surface area contributed by atoms with E-state index in [1.165, 1.54) is 31.2 Å². The predicted molar refractivity (Wildman–Crippen MR) is 91.3 cm³/mol. The van der Waals surface area contributed by atoms with Gasteiger partial charge in [-0.3, -0.25) is 0 Å². The second-order valence-corrected chi connectivity index (χ2v) is 6.62. The van der Waals surface area contributed by atoms with Crippen LogP contribution in [-0.2, 0) is 0 Å². The molecule has 0 saturated heterocycles. The Labute approximate surface area is 128 Å². The smallest absolute Gasteiger partial charge is 0.171 e. The van der Waals surface area contributed by atoms with Crippen molar-refractivity contribution in [3.05, 3.63) is 29.8 Å². The normalized spacial score (nSPS) is 22.6. The van der Waals surface area contributed by atoms with E-state index in [1.54, 1.807) is 0 Å². The number of nitrogens with one attached hydrogen (secondary N) is 2. The number of hydrogen-bond donors (Lipinski definition) is 2. The van der Waals surface area contributed by atoms with Crippen LogP contribution in [0.2, 0.25) is 0 Å². The molecular weight excluding hydrogens is 264 g/mol. The molecule has 0 spiro atoms. The summed E-state index contributed by atoms with van der Waals surface area (Å²) in [4.78, 5) is 0. The molecule has 2 N–H and O–H groups in total. The van der Waals surface area contributed by atoms with Crippen LogP contribution in [0.5, 0.6) is 0 Å². The number of para-hydroxylation sites is 1. The molecule has 0 bridgehead atoms. The average Bonchev–Trinajstić information content (AvgIpc) is 2.41. The van der Waals surface area contributed by atoms with Gasteiger partial charge in [-0.15, -0.1) is 0 Å². The molecule has 110 valence electrons. The van der Waals surface area contributed by atoms with Gasteiger partial charge in [-0.2, -0.15) is 0 Å². The summed E-state index contributed by atoms with van der Waals surface area (Å²) in [5.41, 5.74) is 2.44. The fraction of sp³-hybridized carbons (Fsp3) is 0.588. The van der Waals surface area contributed by atoms with Crippen LogP contribution in [0.4, 0.5) is 5.69 Å². The molecule has 2 nitrogen and oxygen atoms in total. The number of hydrogen-bond acceptors (Lipinski definition) is 1. The summed E-state index contributed by atoms with van der Waals surface area (Å²) in [5.74, 6) is 1.21. The fourth-order valence-corrected chi connectivity index (χ4v) is 3.23. The highest BCUT2D eigenvalue weighted by molar-refractivity contribution is 7.80. The minimum atomic E-state index is 0.495. The Hall–Kier alpha value is -1.09. The van der Waals surface area contributed by atoms with Gasteiger partial charge in [0.25, 0.3) is 0 Å². The first-order chi connectivity index (χ1) is 9.58. The molecule has 0 aromatic heterocycles. The topological polar surface area (TPSA) is 24.1 Å². The monoisotopic (exact) mass is 290 g/mol. The first-order valence-electron chi connectivity index (χ1n) is 7.74. The van der Waals surface area contributed by atoms with E-state index in [9.17, 15) is 0 Å². The van der Waals surface area contributed by atoms with E-state index in [2.05, 4.69) is 55.7 Å². The van der Waals surface area contributed by atoms with Crippen molar-refractivity contribution >= 4 is 23.0 Å². The van der Waals surface area contributed by atoms with Crippen LogP contribution in [0.3, 0.4) is 0 Å². The Bertz CT molecular complexity index is 456. The van der Waals surface area contributed by atoms with Gasteiger partial charge in [0.15, 0.2) is 5.11 Å². The van der Waals surface area contributed by atoms with Crippen LogP contribution < -0.4 is 10.6 Å². The molecule has 0 unspecified atom stereocenters. The summed E-state index contributed by atoms with van der Waals surface area (Å²) in [6.07, 6.45) is 5.21. The molecule has 2 atom stereocenters. The summed E-state index contributed by atoms with van der Waals surface area (Å²) in [6, 6.07) is 8.93. The van der Waals surface area contributed by atoms with Gasteiger partial charge < -0.3 is 10.6 Å². The SMILES string of the molecule is CC(C)c1ccccc1NC(=S)N[C@@H]1CCCC[C@H]1C. The number of anilines is 1. The maximum Gasteiger partial charge on any atom is 0.171 e. The van der Waals surface area contributed by atoms with Crippen LogP contribution in [-0.4, -0.2) is 11.2 Å². The molecule has 0 amide bonds. The molecule has 1 fully saturated rings. The molecule has 1 aliphatic rings. The zero-order chi connectivity index (χ0) is 14.5. The number of rotatable bonds is 3. The first-order valence-corrected chi connectivity index (χ1v) is 8.15. The van der Waals surface area contributed by atoms with Gasteiger partial charge in [0.1, 0.15) is 0 Å². The molecule has 0 heterocycles. The Morgan fingerprint density at radius 3 is 2.60 bits per heavy atom. The molecular formula is C17H26N2S. The van der Waals surface area contributed by atoms with Crippen molar-refractivity contribution in [1.82, 2.24) is 5.32 Å². The van der Waals surface area contributed by atoms with Crippen molar-refractivity contribution in [2.24, 2.45) is 5.92 Å². The molecule has 1 aromatic rings. The standard InChI is InChI=1S/C17H26N2S/c1-12(2)14-9-5-7-11-16(14)19-17(20)18-15-10-6-4-8-13(15)3/h5,7,9,11-13,15H,4,6,8,10H2,1-3H3,(H2,18,19,20)/t13-,15-/m1/s1. The van der Waals surface area contributed by atoms with Gasteiger partial charge in [0.2, 0.25) is 0 Å². The minimum Gasteiger partial charge on any atom is -0.359 e. The zero-order valence-electron chi connectivity index (χ0n) is 12.8. The summed E-state index contributed by atoms with van der Waals surface area (Å²) < 4.78 is 0. The molecule has 2 rings (SSSR count). The van der Waals surface area contributed by atoms with Crippen LogP contribution >= 0.6 is 12.2 Å². The summed E-state index contributed by atoms with van der Waals surface area (Å²) in [6.45, 7) is 6.74. The van der Waals surface area contributed by atoms with Gasteiger partial charge in [-0.1, -0.05) is 51.8 Å². The quantitative estimate of drug-likeness (QED) is 0.791. The predicted octanol–water partition coefficient (Wildman–Crippen LogP) is 4.68. The maximum atomic E-state index is 5.49. The summed E-state index contributed by atoms with van der Waals surface area (Å²) in [7, 11) is 0. The molecule has 1 saturated carbocycles. The van der Waals surface area contributed by atoms with Crippen LogP contribution in [0.25, 0.3) is 0 Å². The van der Waals surface area contributed by atoms with Crippen LogP contribution in [0, 0.1) is 5.92 Å². The largest absolute Gasteiger partial charge is 0.359 e. The van der Waals surface area contributed by atoms with Crippen molar-refractivity contribution in [3.63, 3.8) is 0 Å². The Kier molecular flexibility index (Phi) is 5.41. The maximum absolute atomic E-state index is 5.49. The third-order valence-corrected chi connectivity index (χ3v) is 4.48. The molecule has 0 aliphatic heterocycles. The Balaban J connectivity index is 1.97. The Morgan fingerprint density at radius 2 is 1.90 bits per heavy atom. The van der Waals surface area contributed by atoms with E-state index >= 15 is 0 Å². The van der Waals surface area contributed by atoms with E-state index in [-0.39, 0.29) is 0 Å². The third-order valence-electron chi connectivity index (χ3n) is 4.26. The third kappa shape index (κ3) is 3.95. The first kappa shape index (κ1) is 15.3. The van der Waals surface area contributed by atoms with E-state index < -0.39 is 0 Å². The fourth-order valence-electron chi connectivity index (χ4n) is 2.97. The molecule has 3 heteroatoms. The number of benzene rings is 1. The summed E-state index contributed by atoms with van der Waals surface area (Å²) >= 11 is 5.49. The van der Waals surface area contributed by atoms with Crippen LogP contribution in [0.15, 0.2) is 24.3 Å². The van der Waals surface area contributed by atoms with Gasteiger partial charge in [-0.25, -0.2) is 0 Å². The van der Waals surface area contributed by atoms with Crippen molar-refractivity contribution in [2.45, 2.75) is 58.4 Å². The van der Waals surface area contributed by atoms with Gasteiger partial charge in [0, 0.05) is 11.7 Å². The lowest BCUT2D eigenvalue weighted by Crippen LogP contribution is -2.43. The summed E-state index contributed by atoms with van der Waals surface area (Å²) in [5, 5.41) is 7.64. The molecule has 1 aliphatic carbocycles. The van der Waals surface area contributed by atoms with Gasteiger partial charge in [-0.05, 0) is 48.5 Å². The van der Waals surface area contributed by atoms with Crippen molar-refractivity contribution in [2.75, 3.05) is 5.32 Å². The second-order valence-electron chi connectivity index (χ2n) is 6.21. The van der Waals surface area contributed by atoms with Crippen LogP contribution in [0.1, 0.15) is 57.9 Å². The molecule has 0 radical (unpaired) electrons. The molecule has 20 heavy (non-hydrogen) atoms. The lowest BCUT2D eigenvalue weighted by Gasteiger charge is -2.30. The van der Waals surface area contributed by atoms with Crippen molar-refractivity contribution in [3.8, 4) is 0 Å². The lowest BCUT2D eigenvalue weighted by molar-refractivity contribution is 0.309. The van der Waals surface area contributed by atoms with E-state index in [0.29, 0.717) is 17.9 Å². The van der Waals surface area contributed by atoms with E-state index in [1.807, 2.05) is 0 Å². The van der Waals surface area contributed by atoms with E-state index in [4.69, 9.17) is 12.2 Å². The van der Waals surface area contributed by atoms with Gasteiger partial charge in [0.05, 0.1) is 0 Å². The highest BCUT2D eigenvalue weighted by Gasteiger charge is 2.21. The number of thiocarbonyl (C=S) groups is 1. The highest BCUT2D eigenvalue weighted by atomic mass is 32.1. The van der Waals surface area contributed by atoms with Crippen molar-refractivity contribution < 1.29 is 0 Å². The minimum absolute atomic E-state index is 0.495. The second kappa shape index (κ2) is 7.07. The lowest BCUT2D eigenvalue weighted by atomic mass is 9.86. The van der Waals surface area contributed by atoms with Crippen molar-refractivity contribution in [1.29, 1.82) is 0 Å². The Morgan fingerprint density at radius 1 is 1.20 bits per heavy atom. The molecule has 1 aromatic carbocycles. The van der Waals surface area contributed by atoms with Gasteiger partial charge >= 0.3 is 0 Å². The average molecular weight is 290 g/mol. The van der Waals surface area contributed by atoms with E-state index in [0.717, 1.165) is 10.8 Å². The highest BCUT2D eigenvalue weighted by Crippen LogP contribution is 2.25. The zero-order valence-corrected chi connectivity index (χ0v) is 13.6.